The number of carbonyl (C=O) groups excluding carboxylic acids is 1. The molecule has 1 aliphatic rings. The summed E-state index contributed by atoms with van der Waals surface area (Å²) in [6.07, 6.45) is 0.838. The fraction of sp³-hybridized carbons (Fsp3) is 0.417. The fourth-order valence-corrected chi connectivity index (χ4v) is 2.28. The number of carbonyl (C=O) groups is 1. The van der Waals surface area contributed by atoms with Gasteiger partial charge in [-0.15, -0.1) is 0 Å². The van der Waals surface area contributed by atoms with Crippen LogP contribution >= 0.6 is 11.6 Å². The third-order valence-corrected chi connectivity index (χ3v) is 3.45. The van der Waals surface area contributed by atoms with E-state index in [1.54, 1.807) is 6.07 Å². The van der Waals surface area contributed by atoms with E-state index in [1.807, 2.05) is 6.92 Å². The number of hydrogen-bond acceptors (Lipinski definition) is 4. The highest BCUT2D eigenvalue weighted by Gasteiger charge is 2.30. The Labute approximate surface area is 115 Å². The molecule has 0 radical (unpaired) electrons. The second kappa shape index (κ2) is 5.44. The van der Waals surface area contributed by atoms with Crippen molar-refractivity contribution in [3.8, 4) is 0 Å². The Bertz CT molecular complexity index is 521. The predicted octanol–water partition coefficient (Wildman–Crippen LogP) is 2.18. The molecule has 19 heavy (non-hydrogen) atoms. The maximum absolute atomic E-state index is 11.8. The Kier molecular flexibility index (Phi) is 3.90. The Hall–Kier alpha value is -1.82. The Balaban J connectivity index is 2.27. The molecule has 0 aromatic heterocycles. The van der Waals surface area contributed by atoms with Crippen molar-refractivity contribution in [1.82, 2.24) is 5.32 Å². The number of rotatable bonds is 3. The van der Waals surface area contributed by atoms with Crippen LogP contribution in [-0.2, 0) is 4.79 Å². The Morgan fingerprint density at radius 3 is 2.89 bits per heavy atom. The van der Waals surface area contributed by atoms with E-state index < -0.39 is 11.0 Å². The van der Waals surface area contributed by atoms with Crippen molar-refractivity contribution in [1.29, 1.82) is 0 Å². The smallest absolute Gasteiger partial charge is 0.293 e. The van der Waals surface area contributed by atoms with Crippen molar-refractivity contribution in [2.24, 2.45) is 5.92 Å². The molecular formula is C12H14ClN3O3. The Morgan fingerprint density at radius 2 is 2.26 bits per heavy atom. The number of piperidine rings is 1. The molecule has 0 bridgehead atoms. The van der Waals surface area contributed by atoms with Gasteiger partial charge in [0.25, 0.3) is 5.69 Å². The second-order valence-electron chi connectivity index (χ2n) is 4.60. The van der Waals surface area contributed by atoms with E-state index >= 15 is 0 Å². The highest BCUT2D eigenvalue weighted by atomic mass is 35.5. The van der Waals surface area contributed by atoms with Crippen LogP contribution in [0.5, 0.6) is 0 Å². The number of hydrogen-bond donors (Lipinski definition) is 2. The lowest BCUT2D eigenvalue weighted by molar-refractivity contribution is -0.384. The minimum absolute atomic E-state index is 0.115. The van der Waals surface area contributed by atoms with Gasteiger partial charge in [0.2, 0.25) is 5.91 Å². The summed E-state index contributed by atoms with van der Waals surface area (Å²) < 4.78 is 0. The quantitative estimate of drug-likeness (QED) is 0.658. The molecule has 102 valence electrons. The third kappa shape index (κ3) is 2.96. The fourth-order valence-electron chi connectivity index (χ4n) is 2.11. The standard InChI is InChI=1S/C12H14ClN3O3/c1-7-4-5-14-12(17)11(7)15-9-3-2-8(13)6-10(9)16(18)19/h2-3,6-7,11,15H,4-5H2,1H3,(H,14,17)/t7-,11+/m1/s1. The predicted molar refractivity (Wildman–Crippen MR) is 72.3 cm³/mol. The number of anilines is 1. The van der Waals surface area contributed by atoms with Crippen LogP contribution in [0.4, 0.5) is 11.4 Å². The molecule has 1 aromatic rings. The summed E-state index contributed by atoms with van der Waals surface area (Å²) in [7, 11) is 0. The zero-order valence-corrected chi connectivity index (χ0v) is 11.1. The van der Waals surface area contributed by atoms with Gasteiger partial charge in [0.05, 0.1) is 4.92 Å². The SMILES string of the molecule is C[C@@H]1CCNC(=O)[C@H]1Nc1ccc(Cl)cc1[N+](=O)[O-]. The van der Waals surface area contributed by atoms with Crippen molar-refractivity contribution in [2.45, 2.75) is 19.4 Å². The van der Waals surface area contributed by atoms with E-state index in [0.717, 1.165) is 6.42 Å². The normalized spacial score (nSPS) is 22.7. The number of nitrogens with one attached hydrogen (secondary N) is 2. The zero-order chi connectivity index (χ0) is 14.0. The van der Waals surface area contributed by atoms with Crippen LogP contribution in [0.3, 0.4) is 0 Å². The van der Waals surface area contributed by atoms with Gasteiger partial charge in [-0.25, -0.2) is 0 Å². The molecule has 2 N–H and O–H groups in total. The molecule has 6 nitrogen and oxygen atoms in total. The first-order valence-corrected chi connectivity index (χ1v) is 6.35. The van der Waals surface area contributed by atoms with Gasteiger partial charge >= 0.3 is 0 Å². The van der Waals surface area contributed by atoms with Crippen molar-refractivity contribution in [3.63, 3.8) is 0 Å². The Morgan fingerprint density at radius 1 is 1.53 bits per heavy atom. The molecule has 0 spiro atoms. The van der Waals surface area contributed by atoms with Gasteiger partial charge in [-0.3, -0.25) is 14.9 Å². The molecule has 2 atom stereocenters. The second-order valence-corrected chi connectivity index (χ2v) is 5.03. The van der Waals surface area contributed by atoms with Crippen LogP contribution in [0.25, 0.3) is 0 Å². The van der Waals surface area contributed by atoms with E-state index in [2.05, 4.69) is 10.6 Å². The van der Waals surface area contributed by atoms with Crippen molar-refractivity contribution >= 4 is 28.9 Å². The molecule has 2 rings (SSSR count). The number of amides is 1. The van der Waals surface area contributed by atoms with Gasteiger partial charge in [-0.1, -0.05) is 18.5 Å². The van der Waals surface area contributed by atoms with Gasteiger partial charge in [0.15, 0.2) is 0 Å². The molecule has 0 unspecified atom stereocenters. The van der Waals surface area contributed by atoms with Gasteiger partial charge in [0.1, 0.15) is 11.7 Å². The van der Waals surface area contributed by atoms with Crippen molar-refractivity contribution < 1.29 is 9.72 Å². The minimum atomic E-state index is -0.514. The number of halogens is 1. The summed E-state index contributed by atoms with van der Waals surface area (Å²) in [5.74, 6) is -0.0213. The molecule has 1 fully saturated rings. The minimum Gasteiger partial charge on any atom is -0.368 e. The molecule has 1 saturated heterocycles. The molecule has 0 saturated carbocycles. The molecule has 1 amide bonds. The number of nitro benzene ring substituents is 1. The van der Waals surface area contributed by atoms with Gasteiger partial charge in [0, 0.05) is 17.6 Å². The van der Waals surface area contributed by atoms with E-state index in [1.165, 1.54) is 12.1 Å². The van der Waals surface area contributed by atoms with Crippen LogP contribution in [0.15, 0.2) is 18.2 Å². The topological polar surface area (TPSA) is 84.3 Å². The number of benzene rings is 1. The lowest BCUT2D eigenvalue weighted by Gasteiger charge is -2.29. The van der Waals surface area contributed by atoms with Crippen LogP contribution < -0.4 is 10.6 Å². The van der Waals surface area contributed by atoms with Crippen molar-refractivity contribution in [2.75, 3.05) is 11.9 Å². The summed E-state index contributed by atoms with van der Waals surface area (Å²) in [6, 6.07) is 3.89. The van der Waals surface area contributed by atoms with Crippen LogP contribution in [0.1, 0.15) is 13.3 Å². The average Bonchev–Trinajstić information content (AvgIpc) is 2.35. The summed E-state index contributed by atoms with van der Waals surface area (Å²) in [4.78, 5) is 22.3. The monoisotopic (exact) mass is 283 g/mol. The summed E-state index contributed by atoms with van der Waals surface area (Å²) in [5.41, 5.74) is 0.182. The maximum atomic E-state index is 11.8. The molecular weight excluding hydrogens is 270 g/mol. The lowest BCUT2D eigenvalue weighted by Crippen LogP contribution is -2.49. The maximum Gasteiger partial charge on any atom is 0.293 e. The van der Waals surface area contributed by atoms with Gasteiger partial charge < -0.3 is 10.6 Å². The molecule has 1 aliphatic heterocycles. The third-order valence-electron chi connectivity index (χ3n) is 3.22. The number of nitro groups is 1. The largest absolute Gasteiger partial charge is 0.368 e. The average molecular weight is 284 g/mol. The van der Waals surface area contributed by atoms with Gasteiger partial charge in [-0.05, 0) is 24.5 Å². The van der Waals surface area contributed by atoms with Crippen LogP contribution in [0, 0.1) is 16.0 Å². The summed E-state index contributed by atoms with van der Waals surface area (Å²) >= 11 is 5.75. The summed E-state index contributed by atoms with van der Waals surface area (Å²) in [6.45, 7) is 2.58. The van der Waals surface area contributed by atoms with E-state index in [0.29, 0.717) is 17.3 Å². The first-order chi connectivity index (χ1) is 8.99. The molecule has 1 aromatic carbocycles. The lowest BCUT2D eigenvalue weighted by atomic mass is 9.94. The van der Waals surface area contributed by atoms with Crippen LogP contribution in [-0.4, -0.2) is 23.4 Å². The van der Waals surface area contributed by atoms with Crippen LogP contribution in [0.2, 0.25) is 5.02 Å². The van der Waals surface area contributed by atoms with E-state index in [9.17, 15) is 14.9 Å². The van der Waals surface area contributed by atoms with E-state index in [4.69, 9.17) is 11.6 Å². The number of nitrogens with zero attached hydrogens (tertiary/aromatic N) is 1. The zero-order valence-electron chi connectivity index (χ0n) is 10.4. The molecule has 0 aliphatic carbocycles. The highest BCUT2D eigenvalue weighted by molar-refractivity contribution is 6.30. The first-order valence-electron chi connectivity index (χ1n) is 5.97. The molecule has 7 heteroatoms. The van der Waals surface area contributed by atoms with Gasteiger partial charge in [-0.2, -0.15) is 0 Å². The van der Waals surface area contributed by atoms with E-state index in [-0.39, 0.29) is 17.5 Å². The summed E-state index contributed by atoms with van der Waals surface area (Å²) in [5, 5.41) is 17.0. The molecule has 1 heterocycles. The first kappa shape index (κ1) is 13.6. The van der Waals surface area contributed by atoms with Crippen molar-refractivity contribution in [3.05, 3.63) is 33.3 Å². The highest BCUT2D eigenvalue weighted by Crippen LogP contribution is 2.29.